The summed E-state index contributed by atoms with van der Waals surface area (Å²) >= 11 is 6.39. The van der Waals surface area contributed by atoms with E-state index in [0.717, 1.165) is 5.56 Å². The fraction of sp³-hybridized carbons (Fsp3) is 0.0769. The van der Waals surface area contributed by atoms with Gasteiger partial charge in [0.2, 0.25) is 5.75 Å². The molecule has 0 spiro atoms. The average Bonchev–Trinajstić information content (AvgIpc) is 2.42. The molecule has 2 aromatic rings. The Labute approximate surface area is 131 Å². The molecule has 0 atom stereocenters. The molecule has 0 amide bonds. The summed E-state index contributed by atoms with van der Waals surface area (Å²) in [6.45, 7) is 0. The van der Waals surface area contributed by atoms with Gasteiger partial charge in [-0.2, -0.15) is 0 Å². The molecule has 0 radical (unpaired) electrons. The van der Waals surface area contributed by atoms with Gasteiger partial charge in [0.1, 0.15) is 11.6 Å². The number of nitrogens with zero attached hydrogens (tertiary/aromatic N) is 1. The normalized spacial score (nSPS) is 10.3. The molecule has 0 aromatic heterocycles. The zero-order valence-corrected chi connectivity index (χ0v) is 13.1. The third-order valence-corrected chi connectivity index (χ3v) is 3.76. The molecule has 0 aliphatic rings. The topological polar surface area (TPSA) is 52.4 Å². The second-order valence-electron chi connectivity index (χ2n) is 3.87. The van der Waals surface area contributed by atoms with Crippen molar-refractivity contribution in [3.63, 3.8) is 0 Å². The van der Waals surface area contributed by atoms with Gasteiger partial charge in [-0.05, 0) is 45.8 Å². The average molecular weight is 405 g/mol. The first-order valence-electron chi connectivity index (χ1n) is 5.47. The van der Waals surface area contributed by atoms with Gasteiger partial charge in [0.25, 0.3) is 0 Å². The van der Waals surface area contributed by atoms with Gasteiger partial charge < -0.3 is 4.74 Å². The number of hydrogen-bond donors (Lipinski definition) is 0. The Hall–Kier alpha value is -1.47. The maximum absolute atomic E-state index is 13.0. The summed E-state index contributed by atoms with van der Waals surface area (Å²) in [6, 6.07) is 8.52. The highest BCUT2D eigenvalue weighted by molar-refractivity contribution is 9.10. The highest BCUT2D eigenvalue weighted by Crippen LogP contribution is 2.36. The van der Waals surface area contributed by atoms with E-state index in [2.05, 4.69) is 31.9 Å². The number of hydrogen-bond acceptors (Lipinski definition) is 3. The lowest BCUT2D eigenvalue weighted by Gasteiger charge is -2.09. The van der Waals surface area contributed by atoms with Gasteiger partial charge in [0.15, 0.2) is 0 Å². The number of alkyl halides is 1. The molecule has 0 heterocycles. The Morgan fingerprint density at radius 1 is 1.20 bits per heavy atom. The minimum absolute atomic E-state index is 0.104. The maximum atomic E-state index is 13.0. The van der Waals surface area contributed by atoms with Crippen LogP contribution in [0.5, 0.6) is 11.5 Å². The lowest BCUT2D eigenvalue weighted by atomic mass is 10.2. The molecule has 0 aliphatic heterocycles. The fourth-order valence-corrected chi connectivity index (χ4v) is 2.33. The first kappa shape index (κ1) is 14.9. The molecular weight excluding hydrogens is 397 g/mol. The van der Waals surface area contributed by atoms with E-state index in [4.69, 9.17) is 4.74 Å². The Morgan fingerprint density at radius 3 is 2.50 bits per heavy atom. The van der Waals surface area contributed by atoms with Gasteiger partial charge in [-0.15, -0.1) is 0 Å². The predicted octanol–water partition coefficient (Wildman–Crippen LogP) is 5.18. The Bertz CT molecular complexity index is 664. The van der Waals surface area contributed by atoms with E-state index in [-0.39, 0.29) is 11.4 Å². The van der Waals surface area contributed by atoms with Crippen molar-refractivity contribution in [3.8, 4) is 11.5 Å². The second kappa shape index (κ2) is 6.32. The summed E-state index contributed by atoms with van der Waals surface area (Å²) in [5, 5.41) is 11.6. The number of nitro benzene ring substituents is 1. The van der Waals surface area contributed by atoms with Crippen LogP contribution in [0.4, 0.5) is 10.1 Å². The SMILES string of the molecule is O=[N+]([O-])c1cc(CBr)ccc1Oc1ccc(F)cc1Br. The molecule has 0 saturated carbocycles. The second-order valence-corrected chi connectivity index (χ2v) is 5.28. The fourth-order valence-electron chi connectivity index (χ4n) is 1.55. The number of nitro groups is 1. The van der Waals surface area contributed by atoms with Crippen LogP contribution in [-0.4, -0.2) is 4.92 Å². The molecule has 7 heteroatoms. The van der Waals surface area contributed by atoms with Crippen LogP contribution in [0.1, 0.15) is 5.56 Å². The Balaban J connectivity index is 2.40. The van der Waals surface area contributed by atoms with Gasteiger partial charge in [0.05, 0.1) is 9.40 Å². The van der Waals surface area contributed by atoms with E-state index in [1.165, 1.54) is 30.3 Å². The molecule has 2 rings (SSSR count). The van der Waals surface area contributed by atoms with E-state index >= 15 is 0 Å². The van der Waals surface area contributed by atoms with Gasteiger partial charge in [-0.3, -0.25) is 10.1 Å². The molecule has 0 fully saturated rings. The molecule has 0 saturated heterocycles. The minimum Gasteiger partial charge on any atom is -0.449 e. The van der Waals surface area contributed by atoms with Crippen LogP contribution in [0.25, 0.3) is 0 Å². The summed E-state index contributed by atoms with van der Waals surface area (Å²) in [7, 11) is 0. The quantitative estimate of drug-likeness (QED) is 0.400. The lowest BCUT2D eigenvalue weighted by Crippen LogP contribution is -1.95. The third-order valence-electron chi connectivity index (χ3n) is 2.49. The van der Waals surface area contributed by atoms with Crippen molar-refractivity contribution in [3.05, 3.63) is 62.4 Å². The number of ether oxygens (including phenoxy) is 1. The minimum atomic E-state index is -0.515. The molecule has 0 N–H and O–H groups in total. The lowest BCUT2D eigenvalue weighted by molar-refractivity contribution is -0.385. The third kappa shape index (κ3) is 3.34. The first-order valence-corrected chi connectivity index (χ1v) is 7.39. The van der Waals surface area contributed by atoms with Crippen LogP contribution in [-0.2, 0) is 5.33 Å². The number of halogens is 3. The van der Waals surface area contributed by atoms with Crippen LogP contribution in [0.2, 0.25) is 0 Å². The monoisotopic (exact) mass is 403 g/mol. The first-order chi connectivity index (χ1) is 9.51. The molecule has 0 unspecified atom stereocenters. The van der Waals surface area contributed by atoms with E-state index < -0.39 is 10.7 Å². The van der Waals surface area contributed by atoms with Crippen LogP contribution in [0, 0.1) is 15.9 Å². The van der Waals surface area contributed by atoms with Crippen LogP contribution < -0.4 is 4.74 Å². The van der Waals surface area contributed by atoms with Crippen molar-refractivity contribution >= 4 is 37.5 Å². The Morgan fingerprint density at radius 2 is 1.90 bits per heavy atom. The maximum Gasteiger partial charge on any atom is 0.311 e. The van der Waals surface area contributed by atoms with Crippen molar-refractivity contribution in [2.24, 2.45) is 0 Å². The summed E-state index contributed by atoms with van der Waals surface area (Å²) in [4.78, 5) is 10.5. The van der Waals surface area contributed by atoms with Crippen molar-refractivity contribution in [1.29, 1.82) is 0 Å². The van der Waals surface area contributed by atoms with Gasteiger partial charge in [0, 0.05) is 11.4 Å². The van der Waals surface area contributed by atoms with Crippen LogP contribution in [0.3, 0.4) is 0 Å². The van der Waals surface area contributed by atoms with Crippen molar-refractivity contribution in [2.75, 3.05) is 0 Å². The Kier molecular flexibility index (Phi) is 4.72. The van der Waals surface area contributed by atoms with Crippen LogP contribution in [0.15, 0.2) is 40.9 Å². The highest BCUT2D eigenvalue weighted by Gasteiger charge is 2.17. The van der Waals surface area contributed by atoms with E-state index in [1.807, 2.05) is 0 Å². The zero-order valence-electron chi connectivity index (χ0n) is 9.98. The smallest absolute Gasteiger partial charge is 0.311 e. The van der Waals surface area contributed by atoms with Gasteiger partial charge in [-0.25, -0.2) is 4.39 Å². The zero-order chi connectivity index (χ0) is 14.7. The number of benzene rings is 2. The molecule has 104 valence electrons. The van der Waals surface area contributed by atoms with Gasteiger partial charge >= 0.3 is 5.69 Å². The molecular formula is C13H8Br2FNO3. The van der Waals surface area contributed by atoms with E-state index in [1.54, 1.807) is 6.07 Å². The molecule has 0 aliphatic carbocycles. The predicted molar refractivity (Wildman–Crippen MR) is 79.9 cm³/mol. The number of rotatable bonds is 4. The molecule has 2 aromatic carbocycles. The summed E-state index contributed by atoms with van der Waals surface area (Å²) in [5.74, 6) is -0.0125. The summed E-state index contributed by atoms with van der Waals surface area (Å²) < 4.78 is 18.9. The van der Waals surface area contributed by atoms with Crippen molar-refractivity contribution in [2.45, 2.75) is 5.33 Å². The van der Waals surface area contributed by atoms with E-state index in [9.17, 15) is 14.5 Å². The summed E-state index contributed by atoms with van der Waals surface area (Å²) in [6.07, 6.45) is 0. The standard InChI is InChI=1S/C13H8Br2FNO3/c14-7-8-1-3-13(11(5-8)17(18)19)20-12-4-2-9(16)6-10(12)15/h1-6H,7H2. The van der Waals surface area contributed by atoms with Crippen molar-refractivity contribution in [1.82, 2.24) is 0 Å². The van der Waals surface area contributed by atoms with Gasteiger partial charge in [-0.1, -0.05) is 22.0 Å². The molecule has 0 bridgehead atoms. The van der Waals surface area contributed by atoms with Crippen molar-refractivity contribution < 1.29 is 14.1 Å². The molecule has 20 heavy (non-hydrogen) atoms. The molecule has 4 nitrogen and oxygen atoms in total. The van der Waals surface area contributed by atoms with Crippen LogP contribution >= 0.6 is 31.9 Å². The largest absolute Gasteiger partial charge is 0.449 e. The summed E-state index contributed by atoms with van der Waals surface area (Å²) in [5.41, 5.74) is 0.625. The van der Waals surface area contributed by atoms with E-state index in [0.29, 0.717) is 15.6 Å². The highest BCUT2D eigenvalue weighted by atomic mass is 79.9.